The van der Waals surface area contributed by atoms with Crippen LogP contribution in [0.1, 0.15) is 25.6 Å². The summed E-state index contributed by atoms with van der Waals surface area (Å²) >= 11 is 0. The van der Waals surface area contributed by atoms with Gasteiger partial charge in [-0.3, -0.25) is 0 Å². The molecule has 0 saturated heterocycles. The monoisotopic (exact) mass is 262 g/mol. The van der Waals surface area contributed by atoms with Gasteiger partial charge in [-0.15, -0.1) is 0 Å². The van der Waals surface area contributed by atoms with Crippen molar-refractivity contribution >= 4 is 5.95 Å². The van der Waals surface area contributed by atoms with Crippen LogP contribution in [-0.4, -0.2) is 22.1 Å². The summed E-state index contributed by atoms with van der Waals surface area (Å²) in [7, 11) is 1.41. The molecule has 0 aliphatic rings. The lowest BCUT2D eigenvalue weighted by Crippen LogP contribution is -2.06. The standard InChI is InChI=1S/C13H15FN4O/c1-7(2)11-16-12(18-13(15)17-11)8-4-5-9(14)10(6-8)19-3/h4-7H,1-3H3,(H2,15,16,17,18). The number of nitrogen functional groups attached to an aromatic ring is 1. The molecule has 1 aromatic heterocycles. The van der Waals surface area contributed by atoms with Crippen molar-refractivity contribution in [3.8, 4) is 17.1 Å². The molecule has 1 heterocycles. The smallest absolute Gasteiger partial charge is 0.223 e. The SMILES string of the molecule is COc1cc(-c2nc(N)nc(C(C)C)n2)ccc1F. The summed E-state index contributed by atoms with van der Waals surface area (Å²) in [6, 6.07) is 4.42. The van der Waals surface area contributed by atoms with Gasteiger partial charge in [0.1, 0.15) is 5.82 Å². The molecule has 19 heavy (non-hydrogen) atoms. The highest BCUT2D eigenvalue weighted by atomic mass is 19.1. The second kappa shape index (κ2) is 5.17. The summed E-state index contributed by atoms with van der Waals surface area (Å²) in [5.74, 6) is 1.00. The first-order valence-electron chi connectivity index (χ1n) is 5.86. The van der Waals surface area contributed by atoms with Crippen molar-refractivity contribution in [2.24, 2.45) is 0 Å². The Balaban J connectivity index is 2.52. The van der Waals surface area contributed by atoms with E-state index in [1.165, 1.54) is 19.2 Å². The van der Waals surface area contributed by atoms with Crippen LogP contribution in [-0.2, 0) is 0 Å². The van der Waals surface area contributed by atoms with Gasteiger partial charge in [0.15, 0.2) is 17.4 Å². The molecule has 0 bridgehead atoms. The fourth-order valence-electron chi connectivity index (χ4n) is 1.60. The average molecular weight is 262 g/mol. The first kappa shape index (κ1) is 13.2. The van der Waals surface area contributed by atoms with Crippen molar-refractivity contribution < 1.29 is 9.13 Å². The van der Waals surface area contributed by atoms with E-state index < -0.39 is 5.82 Å². The zero-order valence-corrected chi connectivity index (χ0v) is 11.0. The van der Waals surface area contributed by atoms with Crippen LogP contribution in [0.5, 0.6) is 5.75 Å². The Morgan fingerprint density at radius 2 is 1.95 bits per heavy atom. The van der Waals surface area contributed by atoms with E-state index in [1.807, 2.05) is 13.8 Å². The number of rotatable bonds is 3. The number of nitrogens with zero attached hydrogens (tertiary/aromatic N) is 3. The minimum atomic E-state index is -0.433. The number of methoxy groups -OCH3 is 1. The maximum absolute atomic E-state index is 13.4. The minimum Gasteiger partial charge on any atom is -0.494 e. The lowest BCUT2D eigenvalue weighted by Gasteiger charge is -2.08. The summed E-state index contributed by atoms with van der Waals surface area (Å²) in [4.78, 5) is 12.5. The second-order valence-electron chi connectivity index (χ2n) is 4.38. The van der Waals surface area contributed by atoms with Crippen LogP contribution in [0, 0.1) is 5.82 Å². The van der Waals surface area contributed by atoms with Crippen LogP contribution in [0.4, 0.5) is 10.3 Å². The lowest BCUT2D eigenvalue weighted by molar-refractivity contribution is 0.386. The van der Waals surface area contributed by atoms with Crippen LogP contribution >= 0.6 is 0 Å². The van der Waals surface area contributed by atoms with Gasteiger partial charge in [-0.2, -0.15) is 9.97 Å². The zero-order valence-electron chi connectivity index (χ0n) is 11.0. The number of ether oxygens (including phenoxy) is 1. The molecule has 0 amide bonds. The topological polar surface area (TPSA) is 73.9 Å². The molecule has 0 unspecified atom stereocenters. The number of halogens is 1. The molecule has 0 aliphatic carbocycles. The summed E-state index contributed by atoms with van der Waals surface area (Å²) < 4.78 is 18.3. The van der Waals surface area contributed by atoms with Gasteiger partial charge in [0.25, 0.3) is 0 Å². The maximum atomic E-state index is 13.4. The van der Waals surface area contributed by atoms with Gasteiger partial charge >= 0.3 is 0 Å². The number of nitrogens with two attached hydrogens (primary N) is 1. The normalized spacial score (nSPS) is 10.8. The van der Waals surface area contributed by atoms with Crippen LogP contribution in [0.3, 0.4) is 0 Å². The molecular formula is C13H15FN4O. The quantitative estimate of drug-likeness (QED) is 0.919. The Morgan fingerprint density at radius 1 is 1.21 bits per heavy atom. The number of hydrogen-bond donors (Lipinski definition) is 1. The van der Waals surface area contributed by atoms with Crippen molar-refractivity contribution in [1.29, 1.82) is 0 Å². The van der Waals surface area contributed by atoms with Crippen molar-refractivity contribution in [3.05, 3.63) is 29.8 Å². The van der Waals surface area contributed by atoms with Gasteiger partial charge in [-0.25, -0.2) is 9.37 Å². The number of anilines is 1. The van der Waals surface area contributed by atoms with E-state index >= 15 is 0 Å². The molecule has 6 heteroatoms. The first-order chi connectivity index (χ1) is 9.01. The van der Waals surface area contributed by atoms with Crippen LogP contribution in [0.25, 0.3) is 11.4 Å². The number of hydrogen-bond acceptors (Lipinski definition) is 5. The molecule has 0 atom stereocenters. The van der Waals surface area contributed by atoms with Crippen LogP contribution in [0.15, 0.2) is 18.2 Å². The van der Waals surface area contributed by atoms with Crippen LogP contribution in [0.2, 0.25) is 0 Å². The molecule has 0 radical (unpaired) electrons. The van der Waals surface area contributed by atoms with Gasteiger partial charge < -0.3 is 10.5 Å². The van der Waals surface area contributed by atoms with E-state index in [9.17, 15) is 4.39 Å². The molecule has 1 aromatic carbocycles. The average Bonchev–Trinajstić information content (AvgIpc) is 2.38. The Labute approximate surface area is 110 Å². The Bertz CT molecular complexity index is 601. The largest absolute Gasteiger partial charge is 0.494 e. The number of aromatic nitrogens is 3. The van der Waals surface area contributed by atoms with Crippen molar-refractivity contribution in [2.45, 2.75) is 19.8 Å². The summed E-state index contributed by atoms with van der Waals surface area (Å²) in [5, 5.41) is 0. The first-order valence-corrected chi connectivity index (χ1v) is 5.86. The third-order valence-corrected chi connectivity index (χ3v) is 2.60. The highest BCUT2D eigenvalue weighted by Crippen LogP contribution is 2.25. The number of benzene rings is 1. The molecule has 2 rings (SSSR count). The third-order valence-electron chi connectivity index (χ3n) is 2.60. The summed E-state index contributed by atoms with van der Waals surface area (Å²) in [6.07, 6.45) is 0. The molecule has 2 N–H and O–H groups in total. The molecule has 100 valence electrons. The van der Waals surface area contributed by atoms with Crippen molar-refractivity contribution in [2.75, 3.05) is 12.8 Å². The molecule has 2 aromatic rings. The van der Waals surface area contributed by atoms with E-state index in [0.29, 0.717) is 17.2 Å². The summed E-state index contributed by atoms with van der Waals surface area (Å²) in [6.45, 7) is 3.92. The Hall–Kier alpha value is -2.24. The van der Waals surface area contributed by atoms with Crippen molar-refractivity contribution in [1.82, 2.24) is 15.0 Å². The Morgan fingerprint density at radius 3 is 2.58 bits per heavy atom. The van der Waals surface area contributed by atoms with Gasteiger partial charge in [0.2, 0.25) is 5.95 Å². The van der Waals surface area contributed by atoms with Gasteiger partial charge in [-0.1, -0.05) is 13.8 Å². The summed E-state index contributed by atoms with van der Waals surface area (Å²) in [5.41, 5.74) is 6.30. The van der Waals surface area contributed by atoms with Crippen LogP contribution < -0.4 is 10.5 Å². The van der Waals surface area contributed by atoms with Crippen molar-refractivity contribution in [3.63, 3.8) is 0 Å². The fourth-order valence-corrected chi connectivity index (χ4v) is 1.60. The second-order valence-corrected chi connectivity index (χ2v) is 4.38. The third kappa shape index (κ3) is 2.78. The van der Waals surface area contributed by atoms with Gasteiger partial charge in [0.05, 0.1) is 7.11 Å². The minimum absolute atomic E-state index is 0.131. The highest BCUT2D eigenvalue weighted by molar-refractivity contribution is 5.58. The van der Waals surface area contributed by atoms with E-state index in [4.69, 9.17) is 10.5 Å². The van der Waals surface area contributed by atoms with E-state index in [-0.39, 0.29) is 17.6 Å². The van der Waals surface area contributed by atoms with Gasteiger partial charge in [-0.05, 0) is 18.2 Å². The molecular weight excluding hydrogens is 247 g/mol. The predicted octanol–water partition coefficient (Wildman–Crippen LogP) is 2.39. The van der Waals surface area contributed by atoms with E-state index in [2.05, 4.69) is 15.0 Å². The maximum Gasteiger partial charge on any atom is 0.223 e. The molecule has 0 spiro atoms. The molecule has 0 aliphatic heterocycles. The Kier molecular flexibility index (Phi) is 3.59. The lowest BCUT2D eigenvalue weighted by atomic mass is 10.1. The van der Waals surface area contributed by atoms with Gasteiger partial charge in [0, 0.05) is 11.5 Å². The zero-order chi connectivity index (χ0) is 14.0. The highest BCUT2D eigenvalue weighted by Gasteiger charge is 2.12. The van der Waals surface area contributed by atoms with E-state index in [1.54, 1.807) is 6.07 Å². The molecule has 0 saturated carbocycles. The van der Waals surface area contributed by atoms with E-state index in [0.717, 1.165) is 0 Å². The predicted molar refractivity (Wildman–Crippen MR) is 70.3 cm³/mol. The fraction of sp³-hybridized carbons (Fsp3) is 0.308. The molecule has 0 fully saturated rings. The molecule has 5 nitrogen and oxygen atoms in total.